The van der Waals surface area contributed by atoms with Crippen LogP contribution in [0.4, 0.5) is 0 Å². The summed E-state index contributed by atoms with van der Waals surface area (Å²) < 4.78 is 15.5. The monoisotopic (exact) mass is 784 g/mol. The van der Waals surface area contributed by atoms with Crippen LogP contribution in [0.25, 0.3) is 0 Å². The first-order valence-corrected chi connectivity index (χ1v) is 24.0. The highest BCUT2D eigenvalue weighted by atomic mass is 31.2. The zero-order valence-corrected chi connectivity index (χ0v) is 36.3. The van der Waals surface area contributed by atoms with Crippen molar-refractivity contribution >= 4 is 75.0 Å². The van der Waals surface area contributed by atoms with Gasteiger partial charge in [0, 0.05) is 15.9 Å². The molecule has 284 valence electrons. The van der Waals surface area contributed by atoms with Crippen LogP contribution in [-0.4, -0.2) is 14.8 Å². The average molecular weight is 785 g/mol. The second-order valence-corrected chi connectivity index (χ2v) is 22.6. The molecule has 4 heteroatoms. The van der Waals surface area contributed by atoms with E-state index in [-0.39, 0.29) is 6.71 Å². The number of hydrogen-bond donors (Lipinski definition) is 0. The molecule has 0 heterocycles. The first-order valence-electron chi connectivity index (χ1n) is 20.3. The Hall–Kier alpha value is -5.73. The van der Waals surface area contributed by atoms with Crippen LogP contribution in [0.15, 0.2) is 194 Å². The van der Waals surface area contributed by atoms with E-state index < -0.39 is 15.2 Å². The first-order chi connectivity index (χ1) is 28.1. The van der Waals surface area contributed by atoms with Crippen LogP contribution in [0.2, 0.25) is 0 Å². The summed E-state index contributed by atoms with van der Waals surface area (Å²) in [6, 6.07) is 69.9. The highest BCUT2D eigenvalue weighted by molar-refractivity contribution is 7.85. The van der Waals surface area contributed by atoms with Gasteiger partial charge in [-0.1, -0.05) is 244 Å². The molecule has 0 unspecified atom stereocenters. The van der Waals surface area contributed by atoms with Gasteiger partial charge in [-0.05, 0) is 62.3 Å². The Bertz CT molecular complexity index is 2540. The minimum Gasteiger partial charge on any atom is -0.309 e. The second-order valence-electron chi connectivity index (χ2n) is 16.0. The van der Waals surface area contributed by atoms with Crippen LogP contribution < -0.4 is 53.0 Å². The fourth-order valence-corrected chi connectivity index (χ4v) is 17.1. The Morgan fingerprint density at radius 3 is 1.02 bits per heavy atom. The van der Waals surface area contributed by atoms with Gasteiger partial charge in [-0.3, -0.25) is 0 Å². The maximum Gasteiger partial charge on any atom is 0.242 e. The SMILES string of the molecule is Cc1cc(C)c(B(c2ccc([Si](c3ccccc3)(c3ccccc3)c3ccc(P(=O)(c4ccccc4)c4ccccc4)cc3)cc2)c2c(C)cc(C)cc2C)c(C)c1. The van der Waals surface area contributed by atoms with Gasteiger partial charge in [0.1, 0.15) is 0 Å². The van der Waals surface area contributed by atoms with Gasteiger partial charge < -0.3 is 4.57 Å². The molecule has 0 radical (unpaired) electrons. The van der Waals surface area contributed by atoms with Crippen molar-refractivity contribution in [3.63, 3.8) is 0 Å². The molecule has 0 aliphatic heterocycles. The molecular weight excluding hydrogens is 734 g/mol. The molecule has 0 bridgehead atoms. The van der Waals surface area contributed by atoms with Crippen LogP contribution in [0.3, 0.4) is 0 Å². The lowest BCUT2D eigenvalue weighted by molar-refractivity contribution is 0.592. The molecule has 0 aromatic heterocycles. The molecular formula is C54H50BOPSi. The minimum absolute atomic E-state index is 0.0872. The van der Waals surface area contributed by atoms with E-state index in [0.29, 0.717) is 0 Å². The van der Waals surface area contributed by atoms with Crippen molar-refractivity contribution in [3.05, 3.63) is 228 Å². The van der Waals surface area contributed by atoms with Crippen molar-refractivity contribution < 1.29 is 4.57 Å². The maximum absolute atomic E-state index is 15.5. The molecule has 0 aliphatic carbocycles. The van der Waals surface area contributed by atoms with Crippen molar-refractivity contribution in [1.29, 1.82) is 0 Å². The molecule has 8 aromatic carbocycles. The van der Waals surface area contributed by atoms with Gasteiger partial charge >= 0.3 is 0 Å². The third kappa shape index (κ3) is 6.98. The summed E-state index contributed by atoms with van der Waals surface area (Å²) in [6.07, 6.45) is 0. The third-order valence-electron chi connectivity index (χ3n) is 12.0. The van der Waals surface area contributed by atoms with E-state index in [1.54, 1.807) is 0 Å². The van der Waals surface area contributed by atoms with Crippen LogP contribution in [-0.2, 0) is 4.57 Å². The summed E-state index contributed by atoms with van der Waals surface area (Å²) in [6.45, 7) is 13.6. The highest BCUT2D eigenvalue weighted by Crippen LogP contribution is 2.42. The summed E-state index contributed by atoms with van der Waals surface area (Å²) >= 11 is 0. The Morgan fingerprint density at radius 1 is 0.362 bits per heavy atom. The normalized spacial score (nSPS) is 11.7. The molecule has 0 saturated carbocycles. The molecule has 58 heavy (non-hydrogen) atoms. The summed E-state index contributed by atoms with van der Waals surface area (Å²) in [4.78, 5) is 0. The van der Waals surface area contributed by atoms with Gasteiger partial charge in [-0.2, -0.15) is 0 Å². The van der Waals surface area contributed by atoms with Gasteiger partial charge in [0.25, 0.3) is 0 Å². The van der Waals surface area contributed by atoms with Crippen LogP contribution in [0.1, 0.15) is 33.4 Å². The molecule has 0 spiro atoms. The van der Waals surface area contributed by atoms with Gasteiger partial charge in [0.05, 0.1) is 0 Å². The van der Waals surface area contributed by atoms with E-state index in [4.69, 9.17) is 0 Å². The number of hydrogen-bond acceptors (Lipinski definition) is 1. The van der Waals surface area contributed by atoms with Gasteiger partial charge in [-0.15, -0.1) is 0 Å². The first kappa shape index (κ1) is 39.1. The van der Waals surface area contributed by atoms with Crippen LogP contribution in [0, 0.1) is 41.5 Å². The van der Waals surface area contributed by atoms with E-state index in [1.807, 2.05) is 60.7 Å². The highest BCUT2D eigenvalue weighted by Gasteiger charge is 2.42. The topological polar surface area (TPSA) is 17.1 Å². The van der Waals surface area contributed by atoms with Crippen molar-refractivity contribution in [2.75, 3.05) is 0 Å². The molecule has 0 N–H and O–H groups in total. The fourth-order valence-electron chi connectivity index (χ4n) is 9.72. The largest absolute Gasteiger partial charge is 0.309 e. The van der Waals surface area contributed by atoms with Crippen LogP contribution in [0.5, 0.6) is 0 Å². The van der Waals surface area contributed by atoms with E-state index in [0.717, 1.165) is 15.9 Å². The summed E-state index contributed by atoms with van der Waals surface area (Å²) in [7, 11) is -6.05. The molecule has 0 aliphatic rings. The Labute approximate surface area is 347 Å². The molecule has 1 nitrogen and oxygen atoms in total. The summed E-state index contributed by atoms with van der Waals surface area (Å²) in [5, 5.41) is 7.69. The van der Waals surface area contributed by atoms with Gasteiger partial charge in [-0.25, -0.2) is 0 Å². The summed E-state index contributed by atoms with van der Waals surface area (Å²) in [5.74, 6) is 0. The molecule has 8 rings (SSSR count). The van der Waals surface area contributed by atoms with Crippen molar-refractivity contribution in [2.45, 2.75) is 41.5 Å². The van der Waals surface area contributed by atoms with E-state index in [2.05, 4.69) is 175 Å². The quantitative estimate of drug-likeness (QED) is 0.0825. The van der Waals surface area contributed by atoms with Crippen molar-refractivity contribution in [2.24, 2.45) is 0 Å². The maximum atomic E-state index is 15.5. The molecule has 0 fully saturated rings. The third-order valence-corrected chi connectivity index (χ3v) is 19.9. The lowest BCUT2D eigenvalue weighted by Gasteiger charge is -2.35. The molecule has 0 saturated heterocycles. The summed E-state index contributed by atoms with van der Waals surface area (Å²) in [5.41, 5.74) is 12.0. The second kappa shape index (κ2) is 16.3. The lowest BCUT2D eigenvalue weighted by Crippen LogP contribution is -2.75. The smallest absolute Gasteiger partial charge is 0.242 e. The Balaban J connectivity index is 1.35. The average Bonchev–Trinajstić information content (AvgIpc) is 3.24. The van der Waals surface area contributed by atoms with Crippen molar-refractivity contribution in [1.82, 2.24) is 0 Å². The van der Waals surface area contributed by atoms with E-state index in [1.165, 1.54) is 70.5 Å². The van der Waals surface area contributed by atoms with E-state index >= 15 is 4.57 Å². The fraction of sp³-hybridized carbons (Fsp3) is 0.111. The van der Waals surface area contributed by atoms with Gasteiger partial charge in [0.2, 0.25) is 6.71 Å². The predicted molar refractivity (Wildman–Crippen MR) is 255 cm³/mol. The minimum atomic E-state index is -3.15. The molecule has 8 aromatic rings. The lowest BCUT2D eigenvalue weighted by atomic mass is 9.34. The predicted octanol–water partition coefficient (Wildman–Crippen LogP) is 7.07. The Morgan fingerprint density at radius 2 is 0.655 bits per heavy atom. The zero-order chi connectivity index (χ0) is 40.4. The van der Waals surface area contributed by atoms with Crippen LogP contribution >= 0.6 is 7.14 Å². The molecule has 0 amide bonds. The zero-order valence-electron chi connectivity index (χ0n) is 34.4. The number of benzene rings is 8. The number of rotatable bonds is 10. The Kier molecular flexibility index (Phi) is 11.0. The van der Waals surface area contributed by atoms with E-state index in [9.17, 15) is 0 Å². The molecule has 0 atom stereocenters. The van der Waals surface area contributed by atoms with Crippen molar-refractivity contribution in [3.8, 4) is 0 Å². The standard InChI is InChI=1S/C54H50BOPSi/c1-39-35-41(3)53(42(4)36-39)55(54-43(5)37-40(2)38-44(54)6)45-27-31-51(32-28-45)58(49-23-15-9-16-24-49,50-25-17-10-18-26-50)52-33-29-48(30-34-52)57(56,46-19-11-7-12-20-46)47-21-13-8-14-22-47/h7-38H,1-6H3. The van der Waals surface area contributed by atoms with Gasteiger partial charge in [0.15, 0.2) is 15.2 Å². The number of aryl methyl sites for hydroxylation is 6.